The topological polar surface area (TPSA) is 216 Å². The number of unbranched alkanes of at least 4 members (excludes halogenated alkanes) is 7. The summed E-state index contributed by atoms with van der Waals surface area (Å²) in [5, 5.41) is 19.2. The number of rotatable bonds is 41. The van der Waals surface area contributed by atoms with Crippen molar-refractivity contribution in [2.24, 2.45) is 0 Å². The molecule has 0 saturated heterocycles. The second-order valence-corrected chi connectivity index (χ2v) is 17.5. The molecule has 14 nitrogen and oxygen atoms in total. The number of hydrogen-bond donors (Lipinski definition) is 5. The van der Waals surface area contributed by atoms with Crippen LogP contribution in [0.5, 0.6) is 0 Å². The number of aliphatic hydroxyl groups is 2. The molecule has 0 aromatic heterocycles. The number of aliphatic hydroxyl groups excluding tert-OH is 2. The van der Waals surface area contributed by atoms with Gasteiger partial charge in [-0.05, 0) is 89.9 Å². The summed E-state index contributed by atoms with van der Waals surface area (Å²) in [4.78, 5) is 52.7. The van der Waals surface area contributed by atoms with E-state index < -0.39 is 72.3 Å². The minimum absolute atomic E-state index is 0.0677. The number of carbonyl (C=O) groups is 2. The van der Waals surface area contributed by atoms with Gasteiger partial charge in [-0.3, -0.25) is 23.2 Å². The first-order chi connectivity index (χ1) is 30.8. The number of esters is 2. The Morgan fingerprint density at radius 2 is 0.984 bits per heavy atom. The summed E-state index contributed by atoms with van der Waals surface area (Å²) in [5.74, 6) is -1.17. The van der Waals surface area contributed by atoms with E-state index >= 15 is 0 Å². The Morgan fingerprint density at radius 1 is 0.516 bits per heavy atom. The summed E-state index contributed by atoms with van der Waals surface area (Å²) in [6, 6.07) is 0. The third-order valence-electron chi connectivity index (χ3n) is 8.79. The van der Waals surface area contributed by atoms with Crippen LogP contribution in [0, 0.1) is 0 Å². The van der Waals surface area contributed by atoms with Crippen molar-refractivity contribution in [3.8, 4) is 0 Å². The maximum Gasteiger partial charge on any atom is 0.472 e. The van der Waals surface area contributed by atoms with Crippen molar-refractivity contribution >= 4 is 27.6 Å². The highest BCUT2D eigenvalue weighted by Gasteiger charge is 2.28. The van der Waals surface area contributed by atoms with Gasteiger partial charge in [0.2, 0.25) is 0 Å². The van der Waals surface area contributed by atoms with Crippen molar-refractivity contribution in [2.75, 3.05) is 26.4 Å². The van der Waals surface area contributed by atoms with Gasteiger partial charge in [0.15, 0.2) is 6.10 Å². The lowest BCUT2D eigenvalue weighted by Gasteiger charge is -2.20. The van der Waals surface area contributed by atoms with Gasteiger partial charge >= 0.3 is 27.6 Å². The molecule has 0 rings (SSSR count). The van der Waals surface area contributed by atoms with Crippen LogP contribution >= 0.6 is 15.6 Å². The fourth-order valence-corrected chi connectivity index (χ4v) is 6.35. The maximum atomic E-state index is 12.7. The lowest BCUT2D eigenvalue weighted by Crippen LogP contribution is -2.30. The van der Waals surface area contributed by atoms with E-state index in [0.29, 0.717) is 25.7 Å². The molecule has 5 N–H and O–H groups in total. The Labute approximate surface area is 383 Å². The molecule has 0 fully saturated rings. The summed E-state index contributed by atoms with van der Waals surface area (Å²) in [6.45, 7) is 1.27. The van der Waals surface area contributed by atoms with Crippen LogP contribution in [0.3, 0.4) is 0 Å². The molecule has 0 saturated carbocycles. The summed E-state index contributed by atoms with van der Waals surface area (Å²) >= 11 is 0. The van der Waals surface area contributed by atoms with Gasteiger partial charge in [0.05, 0.1) is 25.9 Å². The van der Waals surface area contributed by atoms with Crippen LogP contribution in [0.1, 0.15) is 136 Å². The van der Waals surface area contributed by atoms with Crippen LogP contribution < -0.4 is 0 Å². The van der Waals surface area contributed by atoms with E-state index in [2.05, 4.69) is 88.9 Å². The van der Waals surface area contributed by atoms with E-state index in [1.807, 2.05) is 37.3 Å². The molecule has 0 amide bonds. The Morgan fingerprint density at radius 3 is 1.52 bits per heavy atom. The predicted molar refractivity (Wildman–Crippen MR) is 254 cm³/mol. The Hall–Kier alpha value is -3.26. The van der Waals surface area contributed by atoms with Gasteiger partial charge in [-0.15, -0.1) is 0 Å². The van der Waals surface area contributed by atoms with Crippen molar-refractivity contribution in [3.05, 3.63) is 109 Å². The molecular formula is C48H78O14P2. The molecule has 0 spiro atoms. The van der Waals surface area contributed by atoms with E-state index in [4.69, 9.17) is 23.8 Å². The highest BCUT2D eigenvalue weighted by atomic mass is 31.2. The average Bonchev–Trinajstić information content (AvgIpc) is 3.26. The lowest BCUT2D eigenvalue weighted by molar-refractivity contribution is -0.161. The van der Waals surface area contributed by atoms with Crippen LogP contribution in [0.15, 0.2) is 109 Å². The van der Waals surface area contributed by atoms with Crippen LogP contribution in [-0.4, -0.2) is 81.6 Å². The standard InChI is InChI=1S/C48H78O14P2/c1-3-5-6-7-8-9-10-11-12-13-14-15-16-21-24-27-30-33-36-39-48(52)62-46(43-61-64(56,57)60-41-45(50)40-59-63(53,54)55)42-58-47(51)38-35-32-29-26-23-20-18-17-19-22-25-28-31-34-37-44(49)4-2/h8-9,11-12,14-15,18-22,24,26,28-29,31,34,37,44-46,49-50H,3-7,10,13,16-17,23,25,27,30,32-33,35-36,38-43H2,1-2H3,(H,56,57)(H2,53,54,55)/b9-8-,12-11-,15-14-,20-18-,22-19-,24-21-,29-26-,31-28-,37-34+/t44-,45-,46+/m0/s1. The highest BCUT2D eigenvalue weighted by Crippen LogP contribution is 2.43. The number of phosphoric acid groups is 2. The zero-order valence-electron chi connectivity index (χ0n) is 38.2. The van der Waals surface area contributed by atoms with E-state index in [1.54, 1.807) is 6.08 Å². The Bertz CT molecular complexity index is 1560. The lowest BCUT2D eigenvalue weighted by atomic mass is 10.1. The molecule has 0 aliphatic rings. The smallest absolute Gasteiger partial charge is 0.462 e. The second-order valence-electron chi connectivity index (χ2n) is 14.8. The fraction of sp³-hybridized carbons (Fsp3) is 0.583. The van der Waals surface area contributed by atoms with Crippen LogP contribution in [0.4, 0.5) is 0 Å². The summed E-state index contributed by atoms with van der Waals surface area (Å²) in [7, 11) is -9.73. The fourth-order valence-electron chi connectivity index (χ4n) is 5.20. The van der Waals surface area contributed by atoms with Crippen LogP contribution in [0.25, 0.3) is 0 Å². The summed E-state index contributed by atoms with van der Waals surface area (Å²) in [6.07, 6.45) is 48.9. The van der Waals surface area contributed by atoms with Gasteiger partial charge in [-0.2, -0.15) is 0 Å². The van der Waals surface area contributed by atoms with E-state index in [-0.39, 0.29) is 12.8 Å². The molecule has 0 aromatic carbocycles. The number of allylic oxidation sites excluding steroid dienone is 17. The van der Waals surface area contributed by atoms with Gasteiger partial charge in [0.25, 0.3) is 0 Å². The first-order valence-electron chi connectivity index (χ1n) is 22.7. The number of carbonyl (C=O) groups excluding carboxylic acids is 2. The second kappa shape index (κ2) is 42.4. The van der Waals surface area contributed by atoms with Gasteiger partial charge in [0, 0.05) is 12.8 Å². The number of phosphoric ester groups is 2. The molecular weight excluding hydrogens is 862 g/mol. The van der Waals surface area contributed by atoms with Gasteiger partial charge in [0.1, 0.15) is 12.7 Å². The van der Waals surface area contributed by atoms with Gasteiger partial charge < -0.3 is 34.4 Å². The zero-order chi connectivity index (χ0) is 47.4. The number of hydrogen-bond acceptors (Lipinski definition) is 11. The number of ether oxygens (including phenoxy) is 2. The first-order valence-corrected chi connectivity index (χ1v) is 25.7. The normalized spacial score (nSPS) is 15.4. The molecule has 364 valence electrons. The molecule has 64 heavy (non-hydrogen) atoms. The predicted octanol–water partition coefficient (Wildman–Crippen LogP) is 10.9. The molecule has 0 aliphatic carbocycles. The van der Waals surface area contributed by atoms with E-state index in [9.17, 15) is 33.8 Å². The van der Waals surface area contributed by atoms with Crippen molar-refractivity contribution < 1.29 is 66.7 Å². The Balaban J connectivity index is 4.69. The molecule has 0 radical (unpaired) electrons. The molecule has 0 aromatic rings. The molecule has 0 heterocycles. The molecule has 16 heteroatoms. The minimum Gasteiger partial charge on any atom is -0.462 e. The molecule has 0 aliphatic heterocycles. The summed E-state index contributed by atoms with van der Waals surface area (Å²) in [5.41, 5.74) is 0. The van der Waals surface area contributed by atoms with Crippen LogP contribution in [-0.2, 0) is 41.8 Å². The van der Waals surface area contributed by atoms with Crippen molar-refractivity contribution in [1.29, 1.82) is 0 Å². The Kier molecular flexibility index (Phi) is 40.2. The molecule has 1 unspecified atom stereocenters. The monoisotopic (exact) mass is 940 g/mol. The third-order valence-corrected chi connectivity index (χ3v) is 10.2. The van der Waals surface area contributed by atoms with Crippen molar-refractivity contribution in [3.63, 3.8) is 0 Å². The van der Waals surface area contributed by atoms with Gasteiger partial charge in [-0.25, -0.2) is 9.13 Å². The molecule has 0 bridgehead atoms. The highest BCUT2D eigenvalue weighted by molar-refractivity contribution is 7.47. The van der Waals surface area contributed by atoms with E-state index in [1.165, 1.54) is 19.3 Å². The quantitative estimate of drug-likeness (QED) is 0.0127. The largest absolute Gasteiger partial charge is 0.472 e. The minimum atomic E-state index is -4.88. The first kappa shape index (κ1) is 60.7. The van der Waals surface area contributed by atoms with Gasteiger partial charge in [-0.1, -0.05) is 142 Å². The zero-order valence-corrected chi connectivity index (χ0v) is 40.0. The SMILES string of the molecule is CCCCC/C=C\C/C=C\C/C=C\C/C=C\CCCCCC(=O)O[C@H](COC(=O)CCC/C=C\C/C=C\C/C=C\C/C=C\C=C\[C@@H](O)CC)COP(=O)(O)OC[C@@H](O)COP(=O)(O)O. The summed E-state index contributed by atoms with van der Waals surface area (Å²) < 4.78 is 47.7. The molecule has 4 atom stereocenters. The maximum absolute atomic E-state index is 12.7. The van der Waals surface area contributed by atoms with Crippen molar-refractivity contribution in [2.45, 2.75) is 154 Å². The average molecular weight is 941 g/mol. The third kappa shape index (κ3) is 45.3. The van der Waals surface area contributed by atoms with Crippen molar-refractivity contribution in [1.82, 2.24) is 0 Å². The van der Waals surface area contributed by atoms with E-state index in [0.717, 1.165) is 64.2 Å². The van der Waals surface area contributed by atoms with Crippen LogP contribution in [0.2, 0.25) is 0 Å².